The fourth-order valence-electron chi connectivity index (χ4n) is 3.16. The number of aromatic nitrogens is 2. The van der Waals surface area contributed by atoms with E-state index in [0.717, 1.165) is 16.9 Å². The van der Waals surface area contributed by atoms with Crippen molar-refractivity contribution >= 4 is 45.5 Å². The van der Waals surface area contributed by atoms with Crippen molar-refractivity contribution in [2.75, 3.05) is 4.90 Å². The summed E-state index contributed by atoms with van der Waals surface area (Å²) in [5, 5.41) is 19.3. The van der Waals surface area contributed by atoms with E-state index in [1.165, 1.54) is 10.4 Å². The minimum absolute atomic E-state index is 0.0304. The number of carbonyl (C=O) groups is 2. The number of rotatable bonds is 3. The van der Waals surface area contributed by atoms with Gasteiger partial charge >= 0.3 is 5.91 Å². The maximum atomic E-state index is 12.9. The SMILES string of the molecule is Cc1ccc(C(O)=C2C(=O)C(=O)N(c3nncs3)C2c2ccccc2Cl)cc1. The van der Waals surface area contributed by atoms with E-state index in [1.54, 1.807) is 36.4 Å². The predicted molar refractivity (Wildman–Crippen MR) is 107 cm³/mol. The van der Waals surface area contributed by atoms with Crippen LogP contribution in [0.1, 0.15) is 22.7 Å². The maximum Gasteiger partial charge on any atom is 0.301 e. The van der Waals surface area contributed by atoms with Gasteiger partial charge in [0, 0.05) is 10.6 Å². The highest BCUT2D eigenvalue weighted by Gasteiger charge is 2.48. The molecule has 1 unspecified atom stereocenters. The van der Waals surface area contributed by atoms with Crippen LogP contribution in [0.2, 0.25) is 5.02 Å². The van der Waals surface area contributed by atoms with E-state index < -0.39 is 17.7 Å². The van der Waals surface area contributed by atoms with Gasteiger partial charge in [0.15, 0.2) is 0 Å². The van der Waals surface area contributed by atoms with E-state index in [9.17, 15) is 14.7 Å². The fraction of sp³-hybridized carbons (Fsp3) is 0.100. The van der Waals surface area contributed by atoms with Crippen molar-refractivity contribution in [1.29, 1.82) is 0 Å². The number of aryl methyl sites for hydroxylation is 1. The van der Waals surface area contributed by atoms with Gasteiger partial charge < -0.3 is 5.11 Å². The molecule has 1 fully saturated rings. The van der Waals surface area contributed by atoms with Gasteiger partial charge in [-0.3, -0.25) is 14.5 Å². The van der Waals surface area contributed by atoms with Crippen LogP contribution >= 0.6 is 22.9 Å². The van der Waals surface area contributed by atoms with Crippen LogP contribution < -0.4 is 4.90 Å². The average molecular weight is 412 g/mol. The number of aliphatic hydroxyl groups is 1. The lowest BCUT2D eigenvalue weighted by atomic mass is 9.95. The van der Waals surface area contributed by atoms with Crippen LogP contribution in [-0.4, -0.2) is 27.0 Å². The number of anilines is 1. The molecule has 1 aliphatic heterocycles. The molecule has 140 valence electrons. The van der Waals surface area contributed by atoms with Crippen LogP contribution in [-0.2, 0) is 9.59 Å². The summed E-state index contributed by atoms with van der Waals surface area (Å²) in [4.78, 5) is 27.0. The van der Waals surface area contributed by atoms with Gasteiger partial charge in [-0.1, -0.05) is 71.0 Å². The third kappa shape index (κ3) is 2.98. The molecular weight excluding hydrogens is 398 g/mol. The Balaban J connectivity index is 1.96. The third-order valence-corrected chi connectivity index (χ3v) is 5.56. The number of carbonyl (C=O) groups excluding carboxylic acids is 2. The normalized spacial score (nSPS) is 18.6. The second kappa shape index (κ2) is 7.18. The molecule has 0 spiro atoms. The maximum absolute atomic E-state index is 12.9. The van der Waals surface area contributed by atoms with Gasteiger partial charge in [-0.2, -0.15) is 0 Å². The van der Waals surface area contributed by atoms with Crippen LogP contribution in [0, 0.1) is 6.92 Å². The fourth-order valence-corrected chi connectivity index (χ4v) is 3.98. The summed E-state index contributed by atoms with van der Waals surface area (Å²) in [5.74, 6) is -1.83. The Morgan fingerprint density at radius 2 is 1.86 bits per heavy atom. The van der Waals surface area contributed by atoms with Crippen molar-refractivity contribution in [3.05, 3.63) is 81.3 Å². The number of ketones is 1. The van der Waals surface area contributed by atoms with Crippen LogP contribution in [0.4, 0.5) is 5.13 Å². The van der Waals surface area contributed by atoms with Crippen molar-refractivity contribution < 1.29 is 14.7 Å². The molecule has 1 saturated heterocycles. The smallest absolute Gasteiger partial charge is 0.301 e. The number of aliphatic hydroxyl groups excluding tert-OH is 1. The minimum Gasteiger partial charge on any atom is -0.507 e. The summed E-state index contributed by atoms with van der Waals surface area (Å²) in [6.45, 7) is 1.92. The molecule has 0 radical (unpaired) electrons. The monoisotopic (exact) mass is 411 g/mol. The molecule has 2 heterocycles. The second-order valence-corrected chi connectivity index (χ2v) is 7.50. The van der Waals surface area contributed by atoms with Gasteiger partial charge in [-0.15, -0.1) is 10.2 Å². The molecule has 6 nitrogen and oxygen atoms in total. The molecule has 4 rings (SSSR count). The molecule has 2 aromatic carbocycles. The molecule has 1 amide bonds. The summed E-state index contributed by atoms with van der Waals surface area (Å²) in [6, 6.07) is 13.0. The van der Waals surface area contributed by atoms with Crippen molar-refractivity contribution in [1.82, 2.24) is 10.2 Å². The molecule has 1 atom stereocenters. The van der Waals surface area contributed by atoms with Gasteiger partial charge in [-0.25, -0.2) is 0 Å². The molecule has 0 bridgehead atoms. The van der Waals surface area contributed by atoms with Crippen molar-refractivity contribution in [3.8, 4) is 0 Å². The summed E-state index contributed by atoms with van der Waals surface area (Å²) in [7, 11) is 0. The van der Waals surface area contributed by atoms with Gasteiger partial charge in [0.05, 0.1) is 11.6 Å². The quantitative estimate of drug-likeness (QED) is 0.398. The van der Waals surface area contributed by atoms with Gasteiger partial charge in [0.25, 0.3) is 5.78 Å². The summed E-state index contributed by atoms with van der Waals surface area (Å²) >= 11 is 7.50. The first-order valence-corrected chi connectivity index (χ1v) is 9.63. The molecule has 28 heavy (non-hydrogen) atoms. The number of amides is 1. The first-order chi connectivity index (χ1) is 13.5. The summed E-state index contributed by atoms with van der Waals surface area (Å²) in [6.07, 6.45) is 0. The average Bonchev–Trinajstić information content (AvgIpc) is 3.30. The first kappa shape index (κ1) is 18.3. The third-order valence-electron chi connectivity index (χ3n) is 4.52. The highest BCUT2D eigenvalue weighted by Crippen LogP contribution is 2.44. The van der Waals surface area contributed by atoms with E-state index in [2.05, 4.69) is 10.2 Å². The molecule has 3 aromatic rings. The van der Waals surface area contributed by atoms with E-state index in [0.29, 0.717) is 16.1 Å². The van der Waals surface area contributed by atoms with Crippen molar-refractivity contribution in [2.24, 2.45) is 0 Å². The molecule has 1 aliphatic rings. The number of hydrogen-bond donors (Lipinski definition) is 1. The zero-order chi connectivity index (χ0) is 19.8. The number of Topliss-reactive ketones (excluding diaryl/α,β-unsaturated/α-hetero) is 1. The Bertz CT molecular complexity index is 1090. The minimum atomic E-state index is -0.900. The van der Waals surface area contributed by atoms with E-state index >= 15 is 0 Å². The molecule has 1 aromatic heterocycles. The zero-order valence-corrected chi connectivity index (χ0v) is 16.2. The van der Waals surface area contributed by atoms with E-state index in [1.807, 2.05) is 19.1 Å². The lowest BCUT2D eigenvalue weighted by molar-refractivity contribution is -0.132. The van der Waals surface area contributed by atoms with Gasteiger partial charge in [0.1, 0.15) is 11.3 Å². The van der Waals surface area contributed by atoms with E-state index in [4.69, 9.17) is 11.6 Å². The van der Waals surface area contributed by atoms with Crippen LogP contribution in [0.3, 0.4) is 0 Å². The van der Waals surface area contributed by atoms with Crippen LogP contribution in [0.15, 0.2) is 59.6 Å². The first-order valence-electron chi connectivity index (χ1n) is 8.37. The highest BCUT2D eigenvalue weighted by molar-refractivity contribution is 7.13. The topological polar surface area (TPSA) is 83.4 Å². The largest absolute Gasteiger partial charge is 0.507 e. The molecule has 8 heteroatoms. The van der Waals surface area contributed by atoms with Crippen LogP contribution in [0.5, 0.6) is 0 Å². The Hall–Kier alpha value is -3.03. The summed E-state index contributed by atoms with van der Waals surface area (Å²) in [5.41, 5.74) is 3.41. The Labute approximate surface area is 169 Å². The number of benzene rings is 2. The Morgan fingerprint density at radius 1 is 1.14 bits per heavy atom. The molecule has 0 aliphatic carbocycles. The van der Waals surface area contributed by atoms with Gasteiger partial charge in [0.2, 0.25) is 5.13 Å². The molecule has 1 N–H and O–H groups in total. The van der Waals surface area contributed by atoms with Gasteiger partial charge in [-0.05, 0) is 18.6 Å². The number of halogens is 1. The number of nitrogens with zero attached hydrogens (tertiary/aromatic N) is 3. The Morgan fingerprint density at radius 3 is 2.50 bits per heavy atom. The standard InChI is InChI=1S/C20H14ClN3O3S/c1-11-6-8-12(9-7-11)17(25)15-16(13-4-2-3-5-14(13)21)24(19(27)18(15)26)20-23-22-10-28-20/h2-10,16,25H,1H3. The second-order valence-electron chi connectivity index (χ2n) is 6.28. The number of hydrogen-bond acceptors (Lipinski definition) is 6. The zero-order valence-electron chi connectivity index (χ0n) is 14.7. The lowest BCUT2D eigenvalue weighted by Gasteiger charge is -2.23. The Kier molecular flexibility index (Phi) is 4.70. The van der Waals surface area contributed by atoms with E-state index in [-0.39, 0.29) is 16.5 Å². The lowest BCUT2D eigenvalue weighted by Crippen LogP contribution is -2.29. The molecular formula is C20H14ClN3O3S. The van der Waals surface area contributed by atoms with Crippen LogP contribution in [0.25, 0.3) is 5.76 Å². The van der Waals surface area contributed by atoms with Crippen molar-refractivity contribution in [2.45, 2.75) is 13.0 Å². The predicted octanol–water partition coefficient (Wildman–Crippen LogP) is 4.13. The summed E-state index contributed by atoms with van der Waals surface area (Å²) < 4.78 is 0. The van der Waals surface area contributed by atoms with Crippen molar-refractivity contribution in [3.63, 3.8) is 0 Å². The molecule has 0 saturated carbocycles. The highest BCUT2D eigenvalue weighted by atomic mass is 35.5.